The molecular formula is C46H28N2O. The number of hydrogen-bond donors (Lipinski definition) is 0. The molecule has 228 valence electrons. The van der Waals surface area contributed by atoms with Gasteiger partial charge in [-0.05, 0) is 62.7 Å². The van der Waals surface area contributed by atoms with Crippen molar-refractivity contribution in [1.29, 1.82) is 0 Å². The van der Waals surface area contributed by atoms with Crippen LogP contribution in [0.25, 0.3) is 99.3 Å². The zero-order valence-corrected chi connectivity index (χ0v) is 26.5. The Kier molecular flexibility index (Phi) is 6.18. The van der Waals surface area contributed by atoms with Crippen LogP contribution in [0.5, 0.6) is 0 Å². The van der Waals surface area contributed by atoms with Gasteiger partial charge >= 0.3 is 0 Å². The summed E-state index contributed by atoms with van der Waals surface area (Å²) in [5, 5.41) is 7.82. The monoisotopic (exact) mass is 624 g/mol. The van der Waals surface area contributed by atoms with Crippen molar-refractivity contribution in [3.63, 3.8) is 0 Å². The van der Waals surface area contributed by atoms with Crippen LogP contribution in [0, 0.1) is 0 Å². The molecule has 10 rings (SSSR count). The number of rotatable bonds is 4. The van der Waals surface area contributed by atoms with E-state index in [1.54, 1.807) is 0 Å². The van der Waals surface area contributed by atoms with E-state index in [9.17, 15) is 0 Å². The summed E-state index contributed by atoms with van der Waals surface area (Å²) in [6.45, 7) is 0. The molecule has 0 radical (unpaired) electrons. The molecule has 0 saturated carbocycles. The molecule has 0 aliphatic rings. The van der Waals surface area contributed by atoms with E-state index in [4.69, 9.17) is 14.4 Å². The lowest BCUT2D eigenvalue weighted by Crippen LogP contribution is -1.96. The Hall–Kier alpha value is -6.58. The minimum atomic E-state index is 0.701. The van der Waals surface area contributed by atoms with Crippen LogP contribution in [0.15, 0.2) is 174 Å². The lowest BCUT2D eigenvalue weighted by molar-refractivity contribution is 0.673. The molecule has 0 N–H and O–H groups in total. The van der Waals surface area contributed by atoms with Gasteiger partial charge in [-0.15, -0.1) is 0 Å². The average Bonchev–Trinajstić information content (AvgIpc) is 3.55. The Bertz CT molecular complexity index is 2860. The van der Waals surface area contributed by atoms with E-state index in [0.29, 0.717) is 5.82 Å². The first-order valence-electron chi connectivity index (χ1n) is 16.6. The molecule has 0 atom stereocenters. The molecule has 2 heterocycles. The summed E-state index contributed by atoms with van der Waals surface area (Å²) in [6, 6.07) is 59.6. The van der Waals surface area contributed by atoms with Gasteiger partial charge in [0.1, 0.15) is 11.2 Å². The molecule has 0 aliphatic carbocycles. The Morgan fingerprint density at radius 3 is 1.90 bits per heavy atom. The van der Waals surface area contributed by atoms with Gasteiger partial charge in [-0.2, -0.15) is 0 Å². The lowest BCUT2D eigenvalue weighted by atomic mass is 9.95. The number of furan rings is 1. The maximum atomic E-state index is 6.64. The first kappa shape index (κ1) is 27.5. The summed E-state index contributed by atoms with van der Waals surface area (Å²) in [5.41, 5.74) is 10.3. The molecule has 0 fully saturated rings. The second-order valence-electron chi connectivity index (χ2n) is 12.5. The summed E-state index contributed by atoms with van der Waals surface area (Å²) in [4.78, 5) is 10.4. The predicted molar refractivity (Wildman–Crippen MR) is 204 cm³/mol. The molecule has 10 aromatic rings. The molecule has 3 nitrogen and oxygen atoms in total. The maximum Gasteiger partial charge on any atom is 0.160 e. The van der Waals surface area contributed by atoms with Crippen molar-refractivity contribution in [1.82, 2.24) is 9.97 Å². The van der Waals surface area contributed by atoms with Gasteiger partial charge in [-0.3, -0.25) is 0 Å². The van der Waals surface area contributed by atoms with Crippen molar-refractivity contribution in [2.75, 3.05) is 0 Å². The average molecular weight is 625 g/mol. The predicted octanol–water partition coefficient (Wildman–Crippen LogP) is 12.5. The van der Waals surface area contributed by atoms with E-state index in [0.717, 1.165) is 66.0 Å². The molecule has 0 amide bonds. The Morgan fingerprint density at radius 2 is 1.04 bits per heavy atom. The van der Waals surface area contributed by atoms with Crippen molar-refractivity contribution in [2.45, 2.75) is 0 Å². The maximum absolute atomic E-state index is 6.64. The minimum Gasteiger partial charge on any atom is -0.455 e. The van der Waals surface area contributed by atoms with Gasteiger partial charge in [0.2, 0.25) is 0 Å². The second kappa shape index (κ2) is 11.0. The summed E-state index contributed by atoms with van der Waals surface area (Å²) in [5.74, 6) is 0.701. The molecule has 0 spiro atoms. The first-order chi connectivity index (χ1) is 24.3. The number of para-hydroxylation sites is 1. The molecule has 49 heavy (non-hydrogen) atoms. The van der Waals surface area contributed by atoms with E-state index in [1.807, 2.05) is 12.1 Å². The highest BCUT2D eigenvalue weighted by molar-refractivity contribution is 6.20. The zero-order chi connectivity index (χ0) is 32.3. The molecule has 2 aromatic heterocycles. The normalized spacial score (nSPS) is 11.7. The van der Waals surface area contributed by atoms with Crippen LogP contribution in [-0.4, -0.2) is 9.97 Å². The summed E-state index contributed by atoms with van der Waals surface area (Å²) >= 11 is 0. The molecular weight excluding hydrogens is 597 g/mol. The van der Waals surface area contributed by atoms with Crippen LogP contribution in [0.3, 0.4) is 0 Å². The van der Waals surface area contributed by atoms with Crippen molar-refractivity contribution in [2.24, 2.45) is 0 Å². The molecule has 0 saturated heterocycles. The molecule has 0 unspecified atom stereocenters. The van der Waals surface area contributed by atoms with Crippen LogP contribution in [0.4, 0.5) is 0 Å². The minimum absolute atomic E-state index is 0.701. The van der Waals surface area contributed by atoms with Gasteiger partial charge in [0, 0.05) is 32.7 Å². The zero-order valence-electron chi connectivity index (χ0n) is 26.5. The Morgan fingerprint density at radius 1 is 0.367 bits per heavy atom. The van der Waals surface area contributed by atoms with Crippen molar-refractivity contribution in [3.05, 3.63) is 170 Å². The van der Waals surface area contributed by atoms with Gasteiger partial charge in [0.25, 0.3) is 0 Å². The molecule has 8 aromatic carbocycles. The summed E-state index contributed by atoms with van der Waals surface area (Å²) in [7, 11) is 0. The number of fused-ring (bicyclic) bond motifs is 7. The standard InChI is InChI=1S/C46H28N2O/c1-2-11-29(12-3-1)33-25-26-37-41-28-40(36-16-6-7-17-38(36)45(41)49-43(37)27-33)44-39-18-8-9-20-42(39)47-46(48-44)32-23-21-31(22-24-32)35-19-10-14-30-13-4-5-15-34(30)35/h1-28H. The Balaban J connectivity index is 1.16. The largest absolute Gasteiger partial charge is 0.455 e. The third-order valence-electron chi connectivity index (χ3n) is 9.69. The van der Waals surface area contributed by atoms with E-state index in [1.165, 1.54) is 27.5 Å². The van der Waals surface area contributed by atoms with E-state index in [-0.39, 0.29) is 0 Å². The van der Waals surface area contributed by atoms with E-state index < -0.39 is 0 Å². The first-order valence-corrected chi connectivity index (χ1v) is 16.6. The molecule has 3 heteroatoms. The highest BCUT2D eigenvalue weighted by Gasteiger charge is 2.19. The molecule has 0 aliphatic heterocycles. The van der Waals surface area contributed by atoms with Crippen molar-refractivity contribution >= 4 is 54.4 Å². The number of nitrogens with zero attached hydrogens (tertiary/aromatic N) is 2. The van der Waals surface area contributed by atoms with Crippen LogP contribution in [0.1, 0.15) is 0 Å². The molecule has 0 bridgehead atoms. The van der Waals surface area contributed by atoms with Crippen molar-refractivity contribution < 1.29 is 4.42 Å². The van der Waals surface area contributed by atoms with Crippen LogP contribution in [-0.2, 0) is 0 Å². The van der Waals surface area contributed by atoms with E-state index >= 15 is 0 Å². The number of benzene rings is 8. The Labute approximate surface area is 282 Å². The summed E-state index contributed by atoms with van der Waals surface area (Å²) in [6.07, 6.45) is 0. The highest BCUT2D eigenvalue weighted by Crippen LogP contribution is 2.42. The number of hydrogen-bond acceptors (Lipinski definition) is 3. The number of aromatic nitrogens is 2. The van der Waals surface area contributed by atoms with Gasteiger partial charge in [-0.25, -0.2) is 9.97 Å². The smallest absolute Gasteiger partial charge is 0.160 e. The van der Waals surface area contributed by atoms with Crippen molar-refractivity contribution in [3.8, 4) is 44.9 Å². The van der Waals surface area contributed by atoms with Crippen LogP contribution < -0.4 is 0 Å². The third-order valence-corrected chi connectivity index (χ3v) is 9.69. The fourth-order valence-corrected chi connectivity index (χ4v) is 7.29. The highest BCUT2D eigenvalue weighted by atomic mass is 16.3. The van der Waals surface area contributed by atoms with Crippen LogP contribution >= 0.6 is 0 Å². The lowest BCUT2D eigenvalue weighted by Gasteiger charge is -2.13. The quantitative estimate of drug-likeness (QED) is 0.196. The van der Waals surface area contributed by atoms with Crippen LogP contribution in [0.2, 0.25) is 0 Å². The van der Waals surface area contributed by atoms with Gasteiger partial charge in [-0.1, -0.05) is 146 Å². The van der Waals surface area contributed by atoms with Gasteiger partial charge < -0.3 is 4.42 Å². The van der Waals surface area contributed by atoms with Gasteiger partial charge in [0.05, 0.1) is 11.2 Å². The summed E-state index contributed by atoms with van der Waals surface area (Å²) < 4.78 is 6.64. The SMILES string of the molecule is c1ccc(-c2ccc3c(c2)oc2c4ccccc4c(-c4nc(-c5ccc(-c6cccc7ccccc67)cc5)nc5ccccc45)cc32)cc1. The topological polar surface area (TPSA) is 38.9 Å². The van der Waals surface area contributed by atoms with E-state index in [2.05, 4.69) is 158 Å². The van der Waals surface area contributed by atoms with Gasteiger partial charge in [0.15, 0.2) is 5.82 Å². The fraction of sp³-hybridized carbons (Fsp3) is 0. The fourth-order valence-electron chi connectivity index (χ4n) is 7.29. The third kappa shape index (κ3) is 4.51. The second-order valence-corrected chi connectivity index (χ2v) is 12.5.